The Labute approximate surface area is 138 Å². The number of halogens is 2. The number of hydrogen-bond donors (Lipinski definition) is 1. The summed E-state index contributed by atoms with van der Waals surface area (Å²) in [5.74, 6) is 0.851. The van der Waals surface area contributed by atoms with Gasteiger partial charge in [-0.05, 0) is 36.8 Å². The van der Waals surface area contributed by atoms with E-state index in [-0.39, 0.29) is 11.6 Å². The lowest BCUT2D eigenvalue weighted by Gasteiger charge is -2.00. The van der Waals surface area contributed by atoms with Crippen LogP contribution in [-0.2, 0) is 0 Å². The summed E-state index contributed by atoms with van der Waals surface area (Å²) in [7, 11) is 0. The standard InChI is InChI=1S/C15H10Br2N2O2/c1-8-2-3-9(6-12(8)17)14-18-15(21-19-14)11-5-4-10(16)7-13(11)20/h2-7,20H,1H3. The van der Waals surface area contributed by atoms with E-state index in [1.165, 1.54) is 0 Å². The Balaban J connectivity index is 2.01. The lowest BCUT2D eigenvalue weighted by molar-refractivity contribution is 0.425. The van der Waals surface area contributed by atoms with Crippen molar-refractivity contribution >= 4 is 31.9 Å². The molecule has 106 valence electrons. The van der Waals surface area contributed by atoms with Crippen LogP contribution in [0.4, 0.5) is 0 Å². The molecule has 21 heavy (non-hydrogen) atoms. The molecule has 4 nitrogen and oxygen atoms in total. The lowest BCUT2D eigenvalue weighted by Crippen LogP contribution is -1.84. The van der Waals surface area contributed by atoms with Gasteiger partial charge in [0.1, 0.15) is 5.75 Å². The van der Waals surface area contributed by atoms with Crippen molar-refractivity contribution in [1.82, 2.24) is 10.1 Å². The minimum Gasteiger partial charge on any atom is -0.507 e. The number of rotatable bonds is 2. The summed E-state index contributed by atoms with van der Waals surface area (Å²) in [6, 6.07) is 11.0. The summed E-state index contributed by atoms with van der Waals surface area (Å²) in [5.41, 5.74) is 2.48. The van der Waals surface area contributed by atoms with Crippen LogP contribution in [0.3, 0.4) is 0 Å². The number of phenols is 1. The van der Waals surface area contributed by atoms with E-state index < -0.39 is 0 Å². The molecule has 0 bridgehead atoms. The third-order valence-corrected chi connectivity index (χ3v) is 4.39. The molecule has 0 spiro atoms. The second-order valence-electron chi connectivity index (χ2n) is 4.55. The molecule has 0 saturated heterocycles. The number of hydrogen-bond acceptors (Lipinski definition) is 4. The summed E-state index contributed by atoms with van der Waals surface area (Å²) in [6.07, 6.45) is 0. The van der Waals surface area contributed by atoms with E-state index in [4.69, 9.17) is 4.52 Å². The van der Waals surface area contributed by atoms with Crippen molar-refractivity contribution in [1.29, 1.82) is 0 Å². The number of aryl methyl sites for hydroxylation is 1. The van der Waals surface area contributed by atoms with Gasteiger partial charge < -0.3 is 9.63 Å². The number of aromatic nitrogens is 2. The van der Waals surface area contributed by atoms with Crippen molar-refractivity contribution in [2.24, 2.45) is 0 Å². The molecule has 1 N–H and O–H groups in total. The second-order valence-corrected chi connectivity index (χ2v) is 6.32. The van der Waals surface area contributed by atoms with E-state index in [1.807, 2.05) is 25.1 Å². The van der Waals surface area contributed by atoms with E-state index >= 15 is 0 Å². The minimum atomic E-state index is 0.0876. The maximum atomic E-state index is 9.94. The SMILES string of the molecule is Cc1ccc(-c2noc(-c3ccc(Br)cc3O)n2)cc1Br. The van der Waals surface area contributed by atoms with Crippen LogP contribution in [0, 0.1) is 6.92 Å². The van der Waals surface area contributed by atoms with Gasteiger partial charge in [0.15, 0.2) is 0 Å². The lowest BCUT2D eigenvalue weighted by atomic mass is 10.1. The molecule has 1 aromatic heterocycles. The fourth-order valence-electron chi connectivity index (χ4n) is 1.87. The van der Waals surface area contributed by atoms with Crippen molar-refractivity contribution in [3.05, 3.63) is 50.9 Å². The molecule has 0 saturated carbocycles. The number of aromatic hydroxyl groups is 1. The van der Waals surface area contributed by atoms with Gasteiger partial charge in [-0.2, -0.15) is 4.98 Å². The maximum Gasteiger partial charge on any atom is 0.261 e. The van der Waals surface area contributed by atoms with E-state index in [0.717, 1.165) is 20.1 Å². The van der Waals surface area contributed by atoms with Crippen LogP contribution in [0.5, 0.6) is 5.75 Å². The van der Waals surface area contributed by atoms with Crippen LogP contribution >= 0.6 is 31.9 Å². The van der Waals surface area contributed by atoms with Crippen LogP contribution in [0.15, 0.2) is 49.9 Å². The van der Waals surface area contributed by atoms with Crippen molar-refractivity contribution in [2.75, 3.05) is 0 Å². The third-order valence-electron chi connectivity index (χ3n) is 3.05. The second kappa shape index (κ2) is 5.61. The molecular formula is C15H10Br2N2O2. The van der Waals surface area contributed by atoms with Gasteiger partial charge in [0.25, 0.3) is 5.89 Å². The fourth-order valence-corrected chi connectivity index (χ4v) is 2.60. The molecule has 3 aromatic rings. The Hall–Kier alpha value is -1.66. The van der Waals surface area contributed by atoms with Crippen molar-refractivity contribution in [3.8, 4) is 28.6 Å². The Morgan fingerprint density at radius 2 is 1.90 bits per heavy atom. The molecular weight excluding hydrogens is 400 g/mol. The normalized spacial score (nSPS) is 10.8. The number of benzene rings is 2. The summed E-state index contributed by atoms with van der Waals surface area (Å²) in [4.78, 5) is 4.34. The highest BCUT2D eigenvalue weighted by Crippen LogP contribution is 2.32. The average molecular weight is 410 g/mol. The van der Waals surface area contributed by atoms with Crippen molar-refractivity contribution < 1.29 is 9.63 Å². The zero-order chi connectivity index (χ0) is 15.0. The monoisotopic (exact) mass is 408 g/mol. The van der Waals surface area contributed by atoms with Gasteiger partial charge in [-0.25, -0.2) is 0 Å². The van der Waals surface area contributed by atoms with Gasteiger partial charge in [0.2, 0.25) is 5.82 Å². The van der Waals surface area contributed by atoms with Crippen LogP contribution in [0.2, 0.25) is 0 Å². The molecule has 0 aliphatic heterocycles. The molecule has 0 fully saturated rings. The van der Waals surface area contributed by atoms with Crippen LogP contribution < -0.4 is 0 Å². The first-order valence-corrected chi connectivity index (χ1v) is 7.72. The minimum absolute atomic E-state index is 0.0876. The van der Waals surface area contributed by atoms with E-state index in [0.29, 0.717) is 11.4 Å². The highest BCUT2D eigenvalue weighted by molar-refractivity contribution is 9.10. The van der Waals surface area contributed by atoms with Gasteiger partial charge in [0.05, 0.1) is 5.56 Å². The van der Waals surface area contributed by atoms with Crippen molar-refractivity contribution in [2.45, 2.75) is 6.92 Å². The maximum absolute atomic E-state index is 9.94. The zero-order valence-corrected chi connectivity index (χ0v) is 14.1. The highest BCUT2D eigenvalue weighted by Gasteiger charge is 2.14. The van der Waals surface area contributed by atoms with Crippen LogP contribution in [0.1, 0.15) is 5.56 Å². The quantitative estimate of drug-likeness (QED) is 0.650. The van der Waals surface area contributed by atoms with Crippen LogP contribution in [-0.4, -0.2) is 15.2 Å². The highest BCUT2D eigenvalue weighted by atomic mass is 79.9. The topological polar surface area (TPSA) is 59.2 Å². The molecule has 2 aromatic carbocycles. The van der Waals surface area contributed by atoms with E-state index in [1.54, 1.807) is 18.2 Å². The fraction of sp³-hybridized carbons (Fsp3) is 0.0667. The molecule has 1 heterocycles. The average Bonchev–Trinajstić information content (AvgIpc) is 2.91. The molecule has 0 unspecified atom stereocenters. The summed E-state index contributed by atoms with van der Waals surface area (Å²) in [6.45, 7) is 2.01. The van der Waals surface area contributed by atoms with Crippen molar-refractivity contribution in [3.63, 3.8) is 0 Å². The smallest absolute Gasteiger partial charge is 0.261 e. The van der Waals surface area contributed by atoms with Gasteiger partial charge >= 0.3 is 0 Å². The first-order valence-electron chi connectivity index (χ1n) is 6.14. The number of nitrogens with zero attached hydrogens (tertiary/aromatic N) is 2. The predicted molar refractivity (Wildman–Crippen MR) is 87.0 cm³/mol. The predicted octanol–water partition coefficient (Wildman–Crippen LogP) is 4.94. The Kier molecular flexibility index (Phi) is 3.82. The largest absolute Gasteiger partial charge is 0.507 e. The molecule has 0 radical (unpaired) electrons. The zero-order valence-electron chi connectivity index (χ0n) is 11.0. The van der Waals surface area contributed by atoms with Gasteiger partial charge in [-0.3, -0.25) is 0 Å². The van der Waals surface area contributed by atoms with E-state index in [2.05, 4.69) is 42.0 Å². The molecule has 0 atom stereocenters. The summed E-state index contributed by atoms with van der Waals surface area (Å²) in [5, 5.41) is 13.9. The van der Waals surface area contributed by atoms with Gasteiger partial charge in [-0.15, -0.1) is 0 Å². The molecule has 0 aliphatic carbocycles. The first-order chi connectivity index (χ1) is 10.0. The number of phenolic OH excluding ortho intramolecular Hbond substituents is 1. The molecule has 0 amide bonds. The third kappa shape index (κ3) is 2.87. The molecule has 3 rings (SSSR count). The van der Waals surface area contributed by atoms with E-state index in [9.17, 15) is 5.11 Å². The van der Waals surface area contributed by atoms with Crippen LogP contribution in [0.25, 0.3) is 22.8 Å². The Bertz CT molecular complexity index is 815. The summed E-state index contributed by atoms with van der Waals surface area (Å²) < 4.78 is 7.01. The molecule has 6 heteroatoms. The first kappa shape index (κ1) is 14.3. The Morgan fingerprint density at radius 1 is 1.10 bits per heavy atom. The molecule has 0 aliphatic rings. The Morgan fingerprint density at radius 3 is 2.62 bits per heavy atom. The summed E-state index contributed by atoms with van der Waals surface area (Å²) >= 11 is 6.78. The van der Waals surface area contributed by atoms with Gasteiger partial charge in [0, 0.05) is 14.5 Å². The van der Waals surface area contributed by atoms with Gasteiger partial charge in [-0.1, -0.05) is 49.1 Å².